The van der Waals surface area contributed by atoms with E-state index in [0.29, 0.717) is 11.7 Å². The summed E-state index contributed by atoms with van der Waals surface area (Å²) in [5.41, 5.74) is 2.11. The van der Waals surface area contributed by atoms with Crippen molar-refractivity contribution in [1.82, 2.24) is 20.4 Å². The number of benzene rings is 1. The number of nitrogens with one attached hydrogen (secondary N) is 1. The van der Waals surface area contributed by atoms with E-state index < -0.39 is 0 Å². The quantitative estimate of drug-likeness (QED) is 0.735. The van der Waals surface area contributed by atoms with Crippen molar-refractivity contribution in [3.05, 3.63) is 58.7 Å². The molecule has 0 unspecified atom stereocenters. The first kappa shape index (κ1) is 17.3. The minimum atomic E-state index is -0.371. The molecule has 0 spiro atoms. The average molecular weight is 356 g/mol. The Hall–Kier alpha value is -2.51. The van der Waals surface area contributed by atoms with Gasteiger partial charge in [-0.2, -0.15) is 4.98 Å². The molecule has 1 aromatic carbocycles. The van der Waals surface area contributed by atoms with Crippen LogP contribution in [-0.2, 0) is 11.3 Å². The molecule has 130 valence electrons. The monoisotopic (exact) mass is 356 g/mol. The first-order chi connectivity index (χ1) is 12.0. The smallest absolute Gasteiger partial charge is 0.268 e. The highest BCUT2D eigenvalue weighted by atomic mass is 32.1. The highest BCUT2D eigenvalue weighted by molar-refractivity contribution is 7.13. The summed E-state index contributed by atoms with van der Waals surface area (Å²) in [6.45, 7) is 2.25. The van der Waals surface area contributed by atoms with Gasteiger partial charge in [0, 0.05) is 0 Å². The molecule has 0 bridgehead atoms. The molecule has 0 fully saturated rings. The SMILES string of the molecule is Cc1ccc([C@@H](C(=O)NCc2noc(-c3cccs3)n2)N(C)C)cc1. The molecule has 3 rings (SSSR count). The lowest BCUT2D eigenvalue weighted by atomic mass is 10.0. The van der Waals surface area contributed by atoms with Crippen LogP contribution < -0.4 is 5.32 Å². The number of hydrogen-bond acceptors (Lipinski definition) is 6. The van der Waals surface area contributed by atoms with Gasteiger partial charge in [0.15, 0.2) is 5.82 Å². The van der Waals surface area contributed by atoms with Crippen molar-refractivity contribution in [2.45, 2.75) is 19.5 Å². The summed E-state index contributed by atoms with van der Waals surface area (Å²) in [7, 11) is 3.76. The molecular weight excluding hydrogens is 336 g/mol. The molecule has 2 heterocycles. The molecule has 0 saturated carbocycles. The minimum Gasteiger partial charge on any atom is -0.347 e. The maximum absolute atomic E-state index is 12.6. The molecule has 0 saturated heterocycles. The molecule has 6 nitrogen and oxygen atoms in total. The van der Waals surface area contributed by atoms with Crippen molar-refractivity contribution in [2.24, 2.45) is 0 Å². The van der Waals surface area contributed by atoms with Gasteiger partial charge < -0.3 is 9.84 Å². The molecule has 1 atom stereocenters. The third kappa shape index (κ3) is 4.12. The lowest BCUT2D eigenvalue weighted by Gasteiger charge is -2.23. The molecule has 7 heteroatoms. The predicted molar refractivity (Wildman–Crippen MR) is 97.1 cm³/mol. The van der Waals surface area contributed by atoms with E-state index in [2.05, 4.69) is 15.5 Å². The number of amides is 1. The summed E-state index contributed by atoms with van der Waals surface area (Å²) in [5.74, 6) is 0.830. The lowest BCUT2D eigenvalue weighted by Crippen LogP contribution is -2.36. The molecule has 0 aliphatic carbocycles. The van der Waals surface area contributed by atoms with Crippen molar-refractivity contribution in [3.8, 4) is 10.8 Å². The second kappa shape index (κ2) is 7.58. The van der Waals surface area contributed by atoms with Gasteiger partial charge in [-0.1, -0.05) is 41.1 Å². The Bertz CT molecular complexity index is 825. The maximum Gasteiger partial charge on any atom is 0.268 e. The normalized spacial score (nSPS) is 12.3. The fraction of sp³-hybridized carbons (Fsp3) is 0.278. The van der Waals surface area contributed by atoms with E-state index in [-0.39, 0.29) is 18.5 Å². The lowest BCUT2D eigenvalue weighted by molar-refractivity contribution is -0.126. The van der Waals surface area contributed by atoms with Crippen molar-refractivity contribution >= 4 is 17.2 Å². The Labute approximate surface area is 150 Å². The summed E-state index contributed by atoms with van der Waals surface area (Å²) in [4.78, 5) is 19.8. The van der Waals surface area contributed by atoms with Crippen LogP contribution in [0, 0.1) is 6.92 Å². The van der Waals surface area contributed by atoms with Crippen LogP contribution in [0.1, 0.15) is 23.0 Å². The fourth-order valence-corrected chi connectivity index (χ4v) is 3.17. The third-order valence-electron chi connectivity index (χ3n) is 3.78. The Kier molecular flexibility index (Phi) is 5.25. The van der Waals surface area contributed by atoms with E-state index in [4.69, 9.17) is 4.52 Å². The summed E-state index contributed by atoms with van der Waals surface area (Å²) < 4.78 is 5.23. The van der Waals surface area contributed by atoms with Crippen LogP contribution in [0.5, 0.6) is 0 Å². The van der Waals surface area contributed by atoms with Crippen LogP contribution in [-0.4, -0.2) is 35.0 Å². The van der Waals surface area contributed by atoms with Gasteiger partial charge in [-0.05, 0) is 38.0 Å². The number of likely N-dealkylation sites (N-methyl/N-ethyl adjacent to an activating group) is 1. The first-order valence-electron chi connectivity index (χ1n) is 7.92. The van der Waals surface area contributed by atoms with Crippen LogP contribution in [0.3, 0.4) is 0 Å². The molecule has 1 N–H and O–H groups in total. The van der Waals surface area contributed by atoms with Gasteiger partial charge in [0.05, 0.1) is 11.4 Å². The second-order valence-corrected chi connectivity index (χ2v) is 6.94. The number of rotatable bonds is 6. The van der Waals surface area contributed by atoms with Crippen LogP contribution in [0.15, 0.2) is 46.3 Å². The molecule has 3 aromatic rings. The summed E-state index contributed by atoms with van der Waals surface area (Å²) in [6, 6.07) is 11.4. The number of carbonyl (C=O) groups excluding carboxylic acids is 1. The summed E-state index contributed by atoms with van der Waals surface area (Å²) in [5, 5.41) is 8.76. The molecule has 1 amide bonds. The van der Waals surface area contributed by atoms with Gasteiger partial charge in [-0.3, -0.25) is 9.69 Å². The van der Waals surface area contributed by atoms with Crippen LogP contribution >= 0.6 is 11.3 Å². The fourth-order valence-electron chi connectivity index (χ4n) is 2.52. The molecule has 0 aliphatic rings. The Morgan fingerprint density at radius 1 is 1.28 bits per heavy atom. The Morgan fingerprint density at radius 3 is 2.68 bits per heavy atom. The minimum absolute atomic E-state index is 0.101. The third-order valence-corrected chi connectivity index (χ3v) is 4.64. The zero-order valence-electron chi connectivity index (χ0n) is 14.4. The van der Waals surface area contributed by atoms with Crippen LogP contribution in [0.25, 0.3) is 10.8 Å². The zero-order chi connectivity index (χ0) is 17.8. The number of aryl methyl sites for hydroxylation is 1. The van der Waals surface area contributed by atoms with E-state index in [0.717, 1.165) is 16.0 Å². The maximum atomic E-state index is 12.6. The second-order valence-electron chi connectivity index (χ2n) is 5.99. The van der Waals surface area contributed by atoms with Crippen molar-refractivity contribution in [3.63, 3.8) is 0 Å². The van der Waals surface area contributed by atoms with E-state index in [1.54, 1.807) is 0 Å². The van der Waals surface area contributed by atoms with Gasteiger partial charge in [0.1, 0.15) is 6.04 Å². The first-order valence-corrected chi connectivity index (χ1v) is 8.79. The Balaban J connectivity index is 1.67. The highest BCUT2D eigenvalue weighted by Crippen LogP contribution is 2.22. The van der Waals surface area contributed by atoms with Crippen molar-refractivity contribution in [2.75, 3.05) is 14.1 Å². The summed E-state index contributed by atoms with van der Waals surface area (Å²) >= 11 is 1.53. The number of hydrogen-bond donors (Lipinski definition) is 1. The number of thiophene rings is 1. The largest absolute Gasteiger partial charge is 0.347 e. The highest BCUT2D eigenvalue weighted by Gasteiger charge is 2.23. The van der Waals surface area contributed by atoms with Gasteiger partial charge in [0.25, 0.3) is 5.89 Å². The van der Waals surface area contributed by atoms with E-state index in [1.807, 2.05) is 67.7 Å². The van der Waals surface area contributed by atoms with Gasteiger partial charge in [-0.25, -0.2) is 0 Å². The van der Waals surface area contributed by atoms with E-state index >= 15 is 0 Å². The molecule has 0 radical (unpaired) electrons. The number of nitrogens with zero attached hydrogens (tertiary/aromatic N) is 3. The standard InChI is InChI=1S/C18H20N4O2S/c1-12-6-8-13(9-7-12)16(22(2)3)17(23)19-11-15-20-18(24-21-15)14-5-4-10-25-14/h4-10,16H,11H2,1-3H3,(H,19,23)/t16-/m0/s1. The average Bonchev–Trinajstić information content (AvgIpc) is 3.26. The molecule has 0 aliphatic heterocycles. The van der Waals surface area contributed by atoms with E-state index in [1.165, 1.54) is 11.3 Å². The van der Waals surface area contributed by atoms with Crippen LogP contribution in [0.2, 0.25) is 0 Å². The van der Waals surface area contributed by atoms with Gasteiger partial charge >= 0.3 is 0 Å². The van der Waals surface area contributed by atoms with Gasteiger partial charge in [-0.15, -0.1) is 11.3 Å². The predicted octanol–water partition coefficient (Wildman–Crippen LogP) is 3.03. The Morgan fingerprint density at radius 2 is 2.04 bits per heavy atom. The van der Waals surface area contributed by atoms with Gasteiger partial charge in [0.2, 0.25) is 5.91 Å². The molecule has 2 aromatic heterocycles. The zero-order valence-corrected chi connectivity index (χ0v) is 15.2. The van der Waals surface area contributed by atoms with Crippen molar-refractivity contribution in [1.29, 1.82) is 0 Å². The van der Waals surface area contributed by atoms with Crippen LogP contribution in [0.4, 0.5) is 0 Å². The van der Waals surface area contributed by atoms with E-state index in [9.17, 15) is 4.79 Å². The number of aromatic nitrogens is 2. The molecule has 25 heavy (non-hydrogen) atoms. The molecular formula is C18H20N4O2S. The van der Waals surface area contributed by atoms with Crippen molar-refractivity contribution < 1.29 is 9.32 Å². The topological polar surface area (TPSA) is 71.3 Å². The summed E-state index contributed by atoms with van der Waals surface area (Å²) in [6.07, 6.45) is 0. The number of carbonyl (C=O) groups is 1.